The van der Waals surface area contributed by atoms with Crippen LogP contribution in [0.4, 0.5) is 4.79 Å². The molecule has 0 radical (unpaired) electrons. The molecule has 2 aliphatic heterocycles. The highest BCUT2D eigenvalue weighted by molar-refractivity contribution is 7.12. The molecule has 1 N–H and O–H groups in total. The monoisotopic (exact) mass is 496 g/mol. The van der Waals surface area contributed by atoms with E-state index < -0.39 is 5.54 Å². The van der Waals surface area contributed by atoms with Crippen LogP contribution in [0.15, 0.2) is 35.8 Å². The van der Waals surface area contributed by atoms with Gasteiger partial charge in [0, 0.05) is 24.7 Å². The molecule has 35 heavy (non-hydrogen) atoms. The number of pyridine rings is 1. The van der Waals surface area contributed by atoms with Gasteiger partial charge in [0.2, 0.25) is 0 Å². The van der Waals surface area contributed by atoms with Gasteiger partial charge in [0.25, 0.3) is 11.8 Å². The van der Waals surface area contributed by atoms with Gasteiger partial charge in [-0.15, -0.1) is 11.3 Å². The molecule has 186 valence electrons. The van der Waals surface area contributed by atoms with E-state index in [2.05, 4.69) is 24.1 Å². The number of hydrogen-bond acceptors (Lipinski definition) is 6. The number of likely N-dealkylation sites (tertiary alicyclic amines) is 1. The van der Waals surface area contributed by atoms with Gasteiger partial charge in [-0.3, -0.25) is 24.3 Å². The summed E-state index contributed by atoms with van der Waals surface area (Å²) in [5.41, 5.74) is 0.229. The van der Waals surface area contributed by atoms with E-state index in [1.165, 1.54) is 23.2 Å². The largest absolute Gasteiger partial charge is 0.339 e. The number of aromatic nitrogens is 1. The summed E-state index contributed by atoms with van der Waals surface area (Å²) in [7, 11) is 0. The van der Waals surface area contributed by atoms with Crippen LogP contribution in [0.25, 0.3) is 0 Å². The highest BCUT2D eigenvalue weighted by Gasteiger charge is 2.55. The molecule has 0 aliphatic carbocycles. The summed E-state index contributed by atoms with van der Waals surface area (Å²) in [6, 6.07) is 6.72. The van der Waals surface area contributed by atoms with E-state index in [0.29, 0.717) is 54.4 Å². The summed E-state index contributed by atoms with van der Waals surface area (Å²) in [6.07, 6.45) is 4.28. The number of thiophene rings is 1. The molecule has 0 aromatic carbocycles. The number of rotatable bonds is 8. The Balaban J connectivity index is 1.49. The predicted molar refractivity (Wildman–Crippen MR) is 133 cm³/mol. The molecule has 0 bridgehead atoms. The molecule has 9 heteroatoms. The Morgan fingerprint density at radius 1 is 1.23 bits per heavy atom. The molecule has 2 saturated heterocycles. The van der Waals surface area contributed by atoms with Gasteiger partial charge >= 0.3 is 6.03 Å². The number of amides is 4. The number of ketones is 1. The highest BCUT2D eigenvalue weighted by atomic mass is 32.1. The van der Waals surface area contributed by atoms with Crippen LogP contribution < -0.4 is 5.32 Å². The second-order valence-corrected chi connectivity index (χ2v) is 10.8. The molecular weight excluding hydrogens is 464 g/mol. The molecule has 4 heterocycles. The first-order valence-electron chi connectivity index (χ1n) is 12.1. The van der Waals surface area contributed by atoms with Crippen molar-refractivity contribution in [3.63, 3.8) is 0 Å². The van der Waals surface area contributed by atoms with Crippen LogP contribution in [0.1, 0.15) is 72.2 Å². The fraction of sp³-hybridized carbons (Fsp3) is 0.500. The number of carbonyl (C=O) groups excluding carboxylic acids is 4. The molecule has 4 amide bonds. The number of hydrogen-bond donors (Lipinski definition) is 1. The average Bonchev–Trinajstić information content (AvgIpc) is 3.43. The number of carbonyl (C=O) groups is 4. The first-order valence-corrected chi connectivity index (χ1v) is 13.0. The Kier molecular flexibility index (Phi) is 7.35. The van der Waals surface area contributed by atoms with Crippen molar-refractivity contribution in [3.8, 4) is 0 Å². The van der Waals surface area contributed by atoms with Gasteiger partial charge in [0.15, 0.2) is 5.78 Å². The zero-order valence-electron chi connectivity index (χ0n) is 20.5. The van der Waals surface area contributed by atoms with Crippen LogP contribution in [0.5, 0.6) is 0 Å². The molecule has 2 aromatic rings. The molecule has 0 spiro atoms. The molecule has 0 saturated carbocycles. The van der Waals surface area contributed by atoms with Gasteiger partial charge < -0.3 is 10.2 Å². The Bertz CT molecular complexity index is 1110. The lowest BCUT2D eigenvalue weighted by molar-refractivity contribution is -0.134. The fourth-order valence-electron chi connectivity index (χ4n) is 5.00. The zero-order chi connectivity index (χ0) is 25.2. The van der Waals surface area contributed by atoms with Crippen molar-refractivity contribution >= 4 is 35.0 Å². The summed E-state index contributed by atoms with van der Waals surface area (Å²) < 4.78 is 0. The van der Waals surface area contributed by atoms with Crippen molar-refractivity contribution in [1.82, 2.24) is 20.1 Å². The van der Waals surface area contributed by atoms with Crippen molar-refractivity contribution < 1.29 is 19.2 Å². The van der Waals surface area contributed by atoms with Gasteiger partial charge in [-0.25, -0.2) is 4.79 Å². The lowest BCUT2D eigenvalue weighted by Crippen LogP contribution is -2.56. The van der Waals surface area contributed by atoms with E-state index in [1.54, 1.807) is 34.7 Å². The standard InChI is InChI=1S/C26H32N4O4S/c1-17(2)7-10-26(24(33)30(25(34)28-26)15-21-6-4-5-11-27-21)20-8-12-29(13-9-20)23(32)19-14-22(18(3)31)35-16-19/h4-6,11,14,16-17,20H,7-10,12-13,15H2,1-3H3,(H,28,34)/t26-/m1/s1. The van der Waals surface area contributed by atoms with E-state index in [0.717, 1.165) is 6.42 Å². The maximum absolute atomic E-state index is 13.8. The molecule has 2 aliphatic rings. The van der Waals surface area contributed by atoms with Crippen LogP contribution in [0.3, 0.4) is 0 Å². The number of nitrogens with one attached hydrogen (secondary N) is 1. The maximum atomic E-state index is 13.8. The topological polar surface area (TPSA) is 99.7 Å². The normalized spacial score (nSPS) is 21.0. The Morgan fingerprint density at radius 2 is 1.97 bits per heavy atom. The molecule has 1 atom stereocenters. The third-order valence-electron chi connectivity index (χ3n) is 7.04. The van der Waals surface area contributed by atoms with Crippen LogP contribution in [-0.2, 0) is 11.3 Å². The van der Waals surface area contributed by atoms with Gasteiger partial charge in [0.1, 0.15) is 5.54 Å². The van der Waals surface area contributed by atoms with Gasteiger partial charge in [0.05, 0.1) is 22.7 Å². The van der Waals surface area contributed by atoms with Crippen molar-refractivity contribution in [2.75, 3.05) is 13.1 Å². The third-order valence-corrected chi connectivity index (χ3v) is 8.07. The van der Waals surface area contributed by atoms with Crippen LogP contribution in [0.2, 0.25) is 0 Å². The quantitative estimate of drug-likeness (QED) is 0.438. The smallest absolute Gasteiger partial charge is 0.325 e. The summed E-state index contributed by atoms with van der Waals surface area (Å²) in [5, 5.41) is 4.80. The summed E-state index contributed by atoms with van der Waals surface area (Å²) in [4.78, 5) is 59.3. The molecular formula is C26H32N4O4S. The van der Waals surface area contributed by atoms with Crippen LogP contribution in [0, 0.1) is 11.8 Å². The lowest BCUT2D eigenvalue weighted by Gasteiger charge is -2.41. The summed E-state index contributed by atoms with van der Waals surface area (Å²) in [5.74, 6) is -0.0158. The molecule has 2 fully saturated rings. The minimum Gasteiger partial charge on any atom is -0.339 e. The first kappa shape index (κ1) is 25.0. The number of piperidine rings is 1. The van der Waals surface area contributed by atoms with Crippen molar-refractivity contribution in [2.24, 2.45) is 11.8 Å². The fourth-order valence-corrected chi connectivity index (χ4v) is 5.78. The second-order valence-electron chi connectivity index (χ2n) is 9.87. The highest BCUT2D eigenvalue weighted by Crippen LogP contribution is 2.38. The zero-order valence-corrected chi connectivity index (χ0v) is 21.3. The van der Waals surface area contributed by atoms with Gasteiger partial charge in [-0.05, 0) is 62.6 Å². The maximum Gasteiger partial charge on any atom is 0.325 e. The Labute approximate surface area is 209 Å². The van der Waals surface area contributed by atoms with E-state index in [1.807, 2.05) is 6.07 Å². The SMILES string of the molecule is CC(=O)c1cc(C(=O)N2CCC([C@@]3(CCC(C)C)NC(=O)N(Cc4ccccn4)C3=O)CC2)cs1. The lowest BCUT2D eigenvalue weighted by atomic mass is 9.73. The van der Waals surface area contributed by atoms with Crippen molar-refractivity contribution in [1.29, 1.82) is 0 Å². The summed E-state index contributed by atoms with van der Waals surface area (Å²) >= 11 is 1.28. The van der Waals surface area contributed by atoms with E-state index in [9.17, 15) is 19.2 Å². The number of urea groups is 1. The minimum absolute atomic E-state index is 0.0504. The van der Waals surface area contributed by atoms with Crippen molar-refractivity contribution in [2.45, 2.75) is 58.5 Å². The van der Waals surface area contributed by atoms with Gasteiger partial charge in [-0.1, -0.05) is 19.9 Å². The van der Waals surface area contributed by atoms with E-state index in [-0.39, 0.29) is 36.1 Å². The molecule has 2 aromatic heterocycles. The van der Waals surface area contributed by atoms with Crippen molar-refractivity contribution in [3.05, 3.63) is 52.0 Å². The Hall–Kier alpha value is -3.07. The van der Waals surface area contributed by atoms with E-state index in [4.69, 9.17) is 0 Å². The molecule has 0 unspecified atom stereocenters. The van der Waals surface area contributed by atoms with Crippen LogP contribution >= 0.6 is 11.3 Å². The third kappa shape index (κ3) is 5.15. The number of nitrogens with zero attached hydrogens (tertiary/aromatic N) is 3. The first-order chi connectivity index (χ1) is 16.7. The second kappa shape index (κ2) is 10.3. The molecule has 8 nitrogen and oxygen atoms in total. The molecule has 4 rings (SSSR count). The average molecular weight is 497 g/mol. The van der Waals surface area contributed by atoms with Gasteiger partial charge in [-0.2, -0.15) is 0 Å². The van der Waals surface area contributed by atoms with E-state index >= 15 is 0 Å². The number of Topliss-reactive ketones (excluding diaryl/α,β-unsaturated/α-hetero) is 1. The van der Waals surface area contributed by atoms with Crippen LogP contribution in [-0.4, -0.2) is 57.0 Å². The summed E-state index contributed by atoms with van der Waals surface area (Å²) in [6.45, 7) is 6.86. The number of imide groups is 1. The minimum atomic E-state index is -0.963. The predicted octanol–water partition coefficient (Wildman–Crippen LogP) is 4.12. The Morgan fingerprint density at radius 3 is 2.57 bits per heavy atom.